The van der Waals surface area contributed by atoms with Crippen molar-refractivity contribution in [3.05, 3.63) is 11.1 Å². The molecular weight excluding hydrogens is 218 g/mol. The van der Waals surface area contributed by atoms with Crippen LogP contribution in [0.4, 0.5) is 0 Å². The van der Waals surface area contributed by atoms with Crippen molar-refractivity contribution in [3.63, 3.8) is 0 Å². The van der Waals surface area contributed by atoms with Crippen LogP contribution in [0.2, 0.25) is 0 Å². The SMILES string of the molecule is CCC1=C(C(C)=O)C(=O)C(C=O)CC1N(C)C. The van der Waals surface area contributed by atoms with Gasteiger partial charge >= 0.3 is 0 Å². The highest BCUT2D eigenvalue weighted by molar-refractivity contribution is 6.24. The molecule has 1 rings (SSSR count). The largest absolute Gasteiger partial charge is 0.303 e. The van der Waals surface area contributed by atoms with Gasteiger partial charge in [-0.2, -0.15) is 0 Å². The van der Waals surface area contributed by atoms with E-state index in [9.17, 15) is 14.4 Å². The number of hydrogen-bond donors (Lipinski definition) is 0. The van der Waals surface area contributed by atoms with Gasteiger partial charge in [-0.1, -0.05) is 6.92 Å². The van der Waals surface area contributed by atoms with Gasteiger partial charge in [-0.3, -0.25) is 9.59 Å². The molecule has 2 atom stereocenters. The molecule has 0 spiro atoms. The molecule has 1 aliphatic carbocycles. The summed E-state index contributed by atoms with van der Waals surface area (Å²) in [6, 6.07) is 0.00630. The Labute approximate surface area is 102 Å². The van der Waals surface area contributed by atoms with Crippen LogP contribution < -0.4 is 0 Å². The van der Waals surface area contributed by atoms with Crippen LogP contribution >= 0.6 is 0 Å². The topological polar surface area (TPSA) is 54.5 Å². The average Bonchev–Trinajstić information content (AvgIpc) is 2.27. The van der Waals surface area contributed by atoms with Gasteiger partial charge < -0.3 is 9.69 Å². The molecule has 17 heavy (non-hydrogen) atoms. The minimum absolute atomic E-state index is 0.00630. The minimum Gasteiger partial charge on any atom is -0.303 e. The summed E-state index contributed by atoms with van der Waals surface area (Å²) in [4.78, 5) is 36.5. The minimum atomic E-state index is -0.670. The predicted molar refractivity (Wildman–Crippen MR) is 64.7 cm³/mol. The van der Waals surface area contributed by atoms with Gasteiger partial charge in [0.15, 0.2) is 11.6 Å². The zero-order valence-electron chi connectivity index (χ0n) is 10.8. The second kappa shape index (κ2) is 5.36. The molecule has 0 aromatic rings. The fourth-order valence-electron chi connectivity index (χ4n) is 2.45. The third-order valence-electron chi connectivity index (χ3n) is 3.30. The Morgan fingerprint density at radius 2 is 2.06 bits per heavy atom. The summed E-state index contributed by atoms with van der Waals surface area (Å²) >= 11 is 0. The van der Waals surface area contributed by atoms with Crippen molar-refractivity contribution in [1.82, 2.24) is 4.90 Å². The van der Waals surface area contributed by atoms with E-state index in [1.165, 1.54) is 6.92 Å². The molecule has 1 aliphatic rings. The molecule has 0 fully saturated rings. The number of allylic oxidation sites excluding steroid dienone is 1. The van der Waals surface area contributed by atoms with Gasteiger partial charge in [-0.25, -0.2) is 0 Å². The van der Waals surface area contributed by atoms with Gasteiger partial charge in [0.1, 0.15) is 6.29 Å². The number of aldehydes is 1. The number of carbonyl (C=O) groups excluding carboxylic acids is 3. The highest BCUT2D eigenvalue weighted by Gasteiger charge is 2.37. The van der Waals surface area contributed by atoms with Crippen LogP contribution in [-0.2, 0) is 14.4 Å². The maximum Gasteiger partial charge on any atom is 0.176 e. The lowest BCUT2D eigenvalue weighted by Crippen LogP contribution is -2.41. The summed E-state index contributed by atoms with van der Waals surface area (Å²) in [5, 5.41) is 0. The standard InChI is InChI=1S/C13H19NO3/c1-5-10-11(14(3)4)6-9(7-15)13(17)12(10)8(2)16/h7,9,11H,5-6H2,1-4H3. The van der Waals surface area contributed by atoms with Gasteiger partial charge in [0.25, 0.3) is 0 Å². The summed E-state index contributed by atoms with van der Waals surface area (Å²) < 4.78 is 0. The van der Waals surface area contributed by atoms with E-state index in [-0.39, 0.29) is 23.2 Å². The van der Waals surface area contributed by atoms with Crippen LogP contribution in [-0.4, -0.2) is 42.9 Å². The lowest BCUT2D eigenvalue weighted by Gasteiger charge is -2.34. The number of hydrogen-bond acceptors (Lipinski definition) is 4. The van der Waals surface area contributed by atoms with Gasteiger partial charge in [-0.15, -0.1) is 0 Å². The fourth-order valence-corrected chi connectivity index (χ4v) is 2.45. The van der Waals surface area contributed by atoms with E-state index >= 15 is 0 Å². The van der Waals surface area contributed by atoms with Gasteiger partial charge in [-0.05, 0) is 39.4 Å². The highest BCUT2D eigenvalue weighted by Crippen LogP contribution is 2.31. The van der Waals surface area contributed by atoms with E-state index in [0.29, 0.717) is 19.1 Å². The quantitative estimate of drug-likeness (QED) is 0.416. The number of Topliss-reactive ketones (excluding diaryl/α,β-unsaturated/α-hetero) is 2. The van der Waals surface area contributed by atoms with Crippen molar-refractivity contribution in [2.24, 2.45) is 5.92 Å². The fraction of sp³-hybridized carbons (Fsp3) is 0.615. The van der Waals surface area contributed by atoms with E-state index < -0.39 is 5.92 Å². The van der Waals surface area contributed by atoms with Crippen LogP contribution in [0.3, 0.4) is 0 Å². The van der Waals surface area contributed by atoms with Crippen LogP contribution in [0, 0.1) is 5.92 Å². The molecule has 2 unspecified atom stereocenters. The summed E-state index contributed by atoms with van der Waals surface area (Å²) in [5.41, 5.74) is 1.11. The predicted octanol–water partition coefficient (Wildman–Crippen LogP) is 1.00. The number of likely N-dealkylation sites (N-methyl/N-ethyl adjacent to an activating group) is 1. The smallest absolute Gasteiger partial charge is 0.176 e. The van der Waals surface area contributed by atoms with Crippen molar-refractivity contribution < 1.29 is 14.4 Å². The van der Waals surface area contributed by atoms with Gasteiger partial charge in [0, 0.05) is 6.04 Å². The summed E-state index contributed by atoms with van der Waals surface area (Å²) in [6.45, 7) is 3.33. The maximum absolute atomic E-state index is 12.0. The third-order valence-corrected chi connectivity index (χ3v) is 3.30. The molecule has 0 heterocycles. The highest BCUT2D eigenvalue weighted by atomic mass is 16.2. The number of nitrogens with zero attached hydrogens (tertiary/aromatic N) is 1. The Balaban J connectivity index is 3.33. The first-order valence-electron chi connectivity index (χ1n) is 5.83. The lowest BCUT2D eigenvalue weighted by atomic mass is 9.77. The molecule has 0 amide bonds. The molecule has 0 saturated heterocycles. The Bertz CT molecular complexity index is 382. The Kier molecular flexibility index (Phi) is 4.34. The van der Waals surface area contributed by atoms with Crippen molar-refractivity contribution >= 4 is 17.9 Å². The van der Waals surface area contributed by atoms with Crippen LogP contribution in [0.5, 0.6) is 0 Å². The number of rotatable bonds is 4. The summed E-state index contributed by atoms with van der Waals surface area (Å²) in [7, 11) is 3.80. The molecule has 0 saturated carbocycles. The average molecular weight is 237 g/mol. The Morgan fingerprint density at radius 3 is 2.41 bits per heavy atom. The first kappa shape index (κ1) is 13.8. The molecule has 94 valence electrons. The molecule has 0 N–H and O–H groups in total. The van der Waals surface area contributed by atoms with Gasteiger partial charge in [0.2, 0.25) is 0 Å². The lowest BCUT2D eigenvalue weighted by molar-refractivity contribution is -0.127. The first-order valence-corrected chi connectivity index (χ1v) is 5.83. The second-order valence-corrected chi connectivity index (χ2v) is 4.63. The zero-order chi connectivity index (χ0) is 13.2. The van der Waals surface area contributed by atoms with E-state index in [0.717, 1.165) is 5.57 Å². The van der Waals surface area contributed by atoms with E-state index in [4.69, 9.17) is 0 Å². The molecule has 0 bridgehead atoms. The molecule has 0 radical (unpaired) electrons. The van der Waals surface area contributed by atoms with Crippen LogP contribution in [0.25, 0.3) is 0 Å². The number of carbonyl (C=O) groups is 3. The molecule has 0 aromatic carbocycles. The molecular formula is C13H19NO3. The van der Waals surface area contributed by atoms with E-state index in [2.05, 4.69) is 0 Å². The Morgan fingerprint density at radius 1 is 1.47 bits per heavy atom. The molecule has 0 aliphatic heterocycles. The third kappa shape index (κ3) is 2.52. The van der Waals surface area contributed by atoms with Crippen molar-refractivity contribution in [2.75, 3.05) is 14.1 Å². The van der Waals surface area contributed by atoms with Crippen LogP contribution in [0.1, 0.15) is 26.7 Å². The molecule has 4 heteroatoms. The van der Waals surface area contributed by atoms with Gasteiger partial charge in [0.05, 0.1) is 11.5 Å². The second-order valence-electron chi connectivity index (χ2n) is 4.63. The zero-order valence-corrected chi connectivity index (χ0v) is 10.8. The first-order chi connectivity index (χ1) is 7.93. The van der Waals surface area contributed by atoms with Crippen molar-refractivity contribution in [2.45, 2.75) is 32.7 Å². The summed E-state index contributed by atoms with van der Waals surface area (Å²) in [6.07, 6.45) is 1.80. The Hall–Kier alpha value is -1.29. The monoisotopic (exact) mass is 237 g/mol. The molecule has 4 nitrogen and oxygen atoms in total. The summed E-state index contributed by atoms with van der Waals surface area (Å²) in [5.74, 6) is -1.20. The van der Waals surface area contributed by atoms with E-state index in [1.807, 2.05) is 25.9 Å². The van der Waals surface area contributed by atoms with E-state index in [1.54, 1.807) is 0 Å². The normalized spacial score (nSPS) is 25.4. The van der Waals surface area contributed by atoms with Crippen molar-refractivity contribution in [1.29, 1.82) is 0 Å². The van der Waals surface area contributed by atoms with Crippen molar-refractivity contribution in [3.8, 4) is 0 Å². The van der Waals surface area contributed by atoms with Crippen LogP contribution in [0.15, 0.2) is 11.1 Å². The number of ketones is 2. The maximum atomic E-state index is 12.0. The molecule has 0 aromatic heterocycles.